The Kier molecular flexibility index (Phi) is 5.80. The number of carbonyl (C=O) groups is 2. The van der Waals surface area contributed by atoms with Crippen LogP contribution in [0.1, 0.15) is 28.3 Å². The Morgan fingerprint density at radius 3 is 2.40 bits per heavy atom. The molecule has 4 aromatic rings. The van der Waals surface area contributed by atoms with Crippen molar-refractivity contribution in [3.05, 3.63) is 105 Å². The lowest BCUT2D eigenvalue weighted by atomic mass is 9.68. The van der Waals surface area contributed by atoms with E-state index in [4.69, 9.17) is 17.0 Å². The van der Waals surface area contributed by atoms with Gasteiger partial charge in [0.25, 0.3) is 0 Å². The number of amides is 2. The van der Waals surface area contributed by atoms with Crippen LogP contribution in [0.5, 0.6) is 5.75 Å². The number of thiazole rings is 1. The lowest BCUT2D eigenvalue weighted by molar-refractivity contribution is -0.123. The number of nitrogens with zero attached hydrogens (tertiary/aromatic N) is 1. The summed E-state index contributed by atoms with van der Waals surface area (Å²) in [6, 6.07) is 28.0. The van der Waals surface area contributed by atoms with Crippen molar-refractivity contribution in [1.29, 1.82) is 0 Å². The maximum Gasteiger partial charge on any atom is 0.238 e. The molecule has 8 rings (SSSR count). The minimum atomic E-state index is -0.256. The van der Waals surface area contributed by atoms with Gasteiger partial charge in [0.2, 0.25) is 11.8 Å². The van der Waals surface area contributed by atoms with Gasteiger partial charge in [-0.15, -0.1) is 23.1 Å². The van der Waals surface area contributed by atoms with E-state index in [0.29, 0.717) is 12.3 Å². The summed E-state index contributed by atoms with van der Waals surface area (Å²) in [4.78, 5) is 33.8. The minimum Gasteiger partial charge on any atom is -0.489 e. The lowest BCUT2D eigenvalue weighted by Crippen LogP contribution is -2.42. The van der Waals surface area contributed by atoms with Gasteiger partial charge in [0.15, 0.2) is 3.95 Å². The highest BCUT2D eigenvalue weighted by Gasteiger charge is 2.69. The fraction of sp³-hybridized carbons (Fsp3) is 0.281. The number of thioether (sulfide) groups is 1. The zero-order valence-electron chi connectivity index (χ0n) is 21.4. The molecule has 7 unspecified atom stereocenters. The van der Waals surface area contributed by atoms with Crippen molar-refractivity contribution in [3.8, 4) is 5.75 Å². The maximum absolute atomic E-state index is 13.9. The van der Waals surface area contributed by atoms with Crippen LogP contribution in [-0.4, -0.2) is 22.0 Å². The van der Waals surface area contributed by atoms with Gasteiger partial charge in [0, 0.05) is 16.0 Å². The van der Waals surface area contributed by atoms with Crippen molar-refractivity contribution in [2.24, 2.45) is 29.6 Å². The maximum atomic E-state index is 13.9. The number of para-hydroxylation sites is 1. The molecule has 0 spiro atoms. The summed E-state index contributed by atoms with van der Waals surface area (Å²) in [7, 11) is 0. The first kappa shape index (κ1) is 24.6. The number of carbonyl (C=O) groups excluding carboxylic acids is 2. The molecule has 3 aromatic carbocycles. The van der Waals surface area contributed by atoms with Crippen LogP contribution in [-0.2, 0) is 16.2 Å². The number of aromatic amines is 1. The fourth-order valence-electron chi connectivity index (χ4n) is 7.76. The first-order chi connectivity index (χ1) is 19.6. The second kappa shape index (κ2) is 9.43. The predicted octanol–water partition coefficient (Wildman–Crippen LogP) is 7.06. The summed E-state index contributed by atoms with van der Waals surface area (Å²) in [6.07, 6.45) is 0.925. The van der Waals surface area contributed by atoms with E-state index in [0.717, 1.165) is 26.7 Å². The van der Waals surface area contributed by atoms with Gasteiger partial charge in [-0.05, 0) is 71.8 Å². The molecule has 2 aliphatic carbocycles. The highest BCUT2D eigenvalue weighted by molar-refractivity contribution is 8.00. The molecule has 2 saturated carbocycles. The van der Waals surface area contributed by atoms with E-state index < -0.39 is 0 Å². The Labute approximate surface area is 245 Å². The Hall–Kier alpha value is -3.20. The molecule has 0 radical (unpaired) electrons. The molecule has 2 amide bonds. The summed E-state index contributed by atoms with van der Waals surface area (Å²) in [5, 5.41) is 1.38. The van der Waals surface area contributed by atoms with Crippen molar-refractivity contribution in [2.75, 3.05) is 4.90 Å². The Bertz CT molecular complexity index is 1680. The first-order valence-corrected chi connectivity index (χ1v) is 15.8. The van der Waals surface area contributed by atoms with Crippen LogP contribution in [0.4, 0.5) is 5.69 Å². The molecule has 2 aliphatic heterocycles. The normalized spacial score (nSPS) is 29.8. The molecule has 2 bridgehead atoms. The average Bonchev–Trinajstić information content (AvgIpc) is 3.72. The molecule has 8 heteroatoms. The highest BCUT2D eigenvalue weighted by Crippen LogP contribution is 2.69. The minimum absolute atomic E-state index is 0.0235. The number of benzene rings is 3. The van der Waals surface area contributed by atoms with E-state index in [1.165, 1.54) is 15.3 Å². The van der Waals surface area contributed by atoms with Gasteiger partial charge in [-0.1, -0.05) is 60.7 Å². The number of hydrogen-bond donors (Lipinski definition) is 1. The SMILES string of the molecule is O=C1C2C3CC(C2C(=O)N1c1ccccc1)C1C(c2cccc(OCc4ccccc4)c2)c2sc(=S)[nH]c2SC31. The summed E-state index contributed by atoms with van der Waals surface area (Å²) >= 11 is 9.10. The summed E-state index contributed by atoms with van der Waals surface area (Å²) in [5.74, 6) is 0.966. The zero-order chi connectivity index (χ0) is 27.0. The third kappa shape index (κ3) is 3.69. The molecule has 40 heavy (non-hydrogen) atoms. The molecule has 200 valence electrons. The number of imide groups is 1. The van der Waals surface area contributed by atoms with Crippen LogP contribution in [0, 0.1) is 33.5 Å². The van der Waals surface area contributed by atoms with E-state index in [2.05, 4.69) is 35.3 Å². The number of nitrogens with one attached hydrogen (secondary N) is 1. The third-order valence-electron chi connectivity index (χ3n) is 9.20. The molecule has 4 aliphatic rings. The van der Waals surface area contributed by atoms with Crippen LogP contribution in [0.2, 0.25) is 0 Å². The first-order valence-electron chi connectivity index (χ1n) is 13.7. The zero-order valence-corrected chi connectivity index (χ0v) is 23.9. The van der Waals surface area contributed by atoms with Crippen molar-refractivity contribution in [3.63, 3.8) is 0 Å². The van der Waals surface area contributed by atoms with Crippen molar-refractivity contribution in [1.82, 2.24) is 4.98 Å². The van der Waals surface area contributed by atoms with Crippen LogP contribution in [0.25, 0.3) is 0 Å². The lowest BCUT2D eigenvalue weighted by Gasteiger charge is -2.43. The molecular weight excluding hydrogens is 557 g/mol. The monoisotopic (exact) mass is 582 g/mol. The average molecular weight is 583 g/mol. The summed E-state index contributed by atoms with van der Waals surface area (Å²) < 4.78 is 6.99. The van der Waals surface area contributed by atoms with E-state index in [9.17, 15) is 9.59 Å². The standard InChI is InChI=1S/C32H26N2O3S3/c35-30-25-21-15-22(26(25)31(36)34(30)19-11-5-2-6-12-19)27-24(21)23(28-29(39-27)33-32(38)40-28)18-10-7-13-20(14-18)37-16-17-8-3-1-4-9-17/h1-14,21-27H,15-16H2,(H,33,38). The molecule has 5 nitrogen and oxygen atoms in total. The number of aromatic nitrogens is 1. The Morgan fingerprint density at radius 1 is 0.900 bits per heavy atom. The second-order valence-corrected chi connectivity index (χ2v) is 14.1. The number of hydrogen-bond acceptors (Lipinski definition) is 6. The van der Waals surface area contributed by atoms with Crippen LogP contribution in [0.3, 0.4) is 0 Å². The topological polar surface area (TPSA) is 62.4 Å². The van der Waals surface area contributed by atoms with E-state index in [1.807, 2.05) is 66.4 Å². The van der Waals surface area contributed by atoms with Crippen molar-refractivity contribution in [2.45, 2.75) is 29.2 Å². The predicted molar refractivity (Wildman–Crippen MR) is 159 cm³/mol. The summed E-state index contributed by atoms with van der Waals surface area (Å²) in [5.41, 5.74) is 3.00. The van der Waals surface area contributed by atoms with E-state index in [1.54, 1.807) is 11.3 Å². The molecule has 3 heterocycles. The molecule has 1 saturated heterocycles. The van der Waals surface area contributed by atoms with Gasteiger partial charge >= 0.3 is 0 Å². The molecule has 3 fully saturated rings. The Balaban J connectivity index is 1.16. The number of ether oxygens (including phenoxy) is 1. The number of fused-ring (bicyclic) bond motifs is 9. The molecular formula is C32H26N2O3S3. The van der Waals surface area contributed by atoms with Crippen molar-refractivity contribution < 1.29 is 14.3 Å². The number of anilines is 1. The van der Waals surface area contributed by atoms with Gasteiger partial charge < -0.3 is 9.72 Å². The van der Waals surface area contributed by atoms with Gasteiger partial charge in [-0.2, -0.15) is 0 Å². The highest BCUT2D eigenvalue weighted by atomic mass is 32.2. The van der Waals surface area contributed by atoms with Crippen molar-refractivity contribution >= 4 is 52.8 Å². The second-order valence-electron chi connectivity index (χ2n) is 11.2. The smallest absolute Gasteiger partial charge is 0.238 e. The molecule has 1 aromatic heterocycles. The van der Waals surface area contributed by atoms with Crippen LogP contribution < -0.4 is 9.64 Å². The van der Waals surface area contributed by atoms with Crippen LogP contribution >= 0.6 is 35.3 Å². The van der Waals surface area contributed by atoms with Gasteiger partial charge in [0.1, 0.15) is 12.4 Å². The Morgan fingerprint density at radius 2 is 1.62 bits per heavy atom. The van der Waals surface area contributed by atoms with Gasteiger partial charge in [0.05, 0.1) is 22.5 Å². The molecule has 1 N–H and O–H groups in total. The van der Waals surface area contributed by atoms with Gasteiger partial charge in [-0.25, -0.2) is 0 Å². The quantitative estimate of drug-likeness (QED) is 0.202. The van der Waals surface area contributed by atoms with E-state index in [-0.39, 0.29) is 52.6 Å². The fourth-order valence-corrected chi connectivity index (χ4v) is 11.1. The number of H-pyrrole nitrogens is 1. The van der Waals surface area contributed by atoms with Crippen LogP contribution in [0.15, 0.2) is 90.0 Å². The van der Waals surface area contributed by atoms with Gasteiger partial charge in [-0.3, -0.25) is 14.5 Å². The van der Waals surface area contributed by atoms with E-state index >= 15 is 0 Å². The number of rotatable bonds is 5. The summed E-state index contributed by atoms with van der Waals surface area (Å²) in [6.45, 7) is 0.506. The third-order valence-corrected chi connectivity index (χ3v) is 12.1. The molecule has 7 atom stereocenters. The largest absolute Gasteiger partial charge is 0.489 e.